The Labute approximate surface area is 86.4 Å². The Morgan fingerprint density at radius 3 is 3.14 bits per heavy atom. The Balaban J connectivity index is 1.78. The first-order chi connectivity index (χ1) is 6.84. The molecule has 0 aromatic carbocycles. The van der Waals surface area contributed by atoms with Crippen molar-refractivity contribution < 1.29 is 0 Å². The molecule has 0 unspecified atom stereocenters. The molecule has 2 rings (SSSR count). The lowest BCUT2D eigenvalue weighted by Gasteiger charge is -1.99. The second-order valence-electron chi connectivity index (χ2n) is 3.05. The Hall–Kier alpha value is -1.36. The molecule has 5 heteroatoms. The molecule has 74 valence electrons. The maximum Gasteiger partial charge on any atom is 0.182 e. The van der Waals surface area contributed by atoms with E-state index in [-0.39, 0.29) is 0 Å². The van der Waals surface area contributed by atoms with Crippen molar-refractivity contribution in [1.29, 1.82) is 0 Å². The fraction of sp³-hybridized carbons (Fsp3) is 0.333. The van der Waals surface area contributed by atoms with Crippen LogP contribution in [0.1, 0.15) is 11.4 Å². The molecule has 2 aromatic heterocycles. The first-order valence-corrected chi connectivity index (χ1v) is 5.36. The number of aryl methyl sites for hydroxylation is 1. The van der Waals surface area contributed by atoms with Crippen LogP contribution >= 0.6 is 11.3 Å². The van der Waals surface area contributed by atoms with Crippen LogP contribution in [0.5, 0.6) is 0 Å². The summed E-state index contributed by atoms with van der Waals surface area (Å²) in [5, 5.41) is 6.29. The van der Waals surface area contributed by atoms with Gasteiger partial charge in [-0.3, -0.25) is 0 Å². The predicted molar refractivity (Wildman–Crippen MR) is 57.6 cm³/mol. The number of aromatic nitrogens is 3. The number of thiazole rings is 1. The van der Waals surface area contributed by atoms with Gasteiger partial charge in [-0.2, -0.15) is 0 Å². The summed E-state index contributed by atoms with van der Waals surface area (Å²) in [6, 6.07) is 0. The summed E-state index contributed by atoms with van der Waals surface area (Å²) in [6.45, 7) is 2.88. The molecule has 0 atom stereocenters. The van der Waals surface area contributed by atoms with Crippen molar-refractivity contribution in [1.82, 2.24) is 15.0 Å². The number of rotatable bonds is 4. The molecule has 0 amide bonds. The minimum Gasteiger partial charge on any atom is -0.361 e. The number of imidazole rings is 1. The summed E-state index contributed by atoms with van der Waals surface area (Å²) in [5.74, 6) is 0. The molecule has 2 aromatic rings. The van der Waals surface area contributed by atoms with E-state index >= 15 is 0 Å². The van der Waals surface area contributed by atoms with Gasteiger partial charge in [0, 0.05) is 30.2 Å². The van der Waals surface area contributed by atoms with Crippen molar-refractivity contribution in [2.75, 3.05) is 11.9 Å². The van der Waals surface area contributed by atoms with Crippen molar-refractivity contribution in [3.05, 3.63) is 29.3 Å². The zero-order valence-corrected chi connectivity index (χ0v) is 8.77. The average Bonchev–Trinajstić information content (AvgIpc) is 2.77. The second-order valence-corrected chi connectivity index (χ2v) is 3.91. The number of anilines is 1. The highest BCUT2D eigenvalue weighted by molar-refractivity contribution is 7.13. The van der Waals surface area contributed by atoms with E-state index in [4.69, 9.17) is 0 Å². The third-order valence-corrected chi connectivity index (χ3v) is 2.76. The third-order valence-electron chi connectivity index (χ3n) is 1.84. The van der Waals surface area contributed by atoms with Crippen molar-refractivity contribution in [3.63, 3.8) is 0 Å². The molecule has 0 aliphatic carbocycles. The Morgan fingerprint density at radius 2 is 2.50 bits per heavy atom. The molecule has 0 aliphatic heterocycles. The monoisotopic (exact) mass is 208 g/mol. The average molecular weight is 208 g/mol. The molecule has 0 spiro atoms. The summed E-state index contributed by atoms with van der Waals surface area (Å²) in [7, 11) is 0. The van der Waals surface area contributed by atoms with E-state index in [1.807, 2.05) is 18.5 Å². The van der Waals surface area contributed by atoms with Crippen LogP contribution in [0.25, 0.3) is 0 Å². The SMILES string of the molecule is Cc1csc(NCCc2cnc[nH]2)n1. The molecule has 0 radical (unpaired) electrons. The van der Waals surface area contributed by atoms with Crippen LogP contribution in [0, 0.1) is 6.92 Å². The molecule has 0 aliphatic rings. The molecule has 0 saturated carbocycles. The number of nitrogens with zero attached hydrogens (tertiary/aromatic N) is 2. The number of H-pyrrole nitrogens is 1. The van der Waals surface area contributed by atoms with E-state index in [0.29, 0.717) is 0 Å². The molecular weight excluding hydrogens is 196 g/mol. The quantitative estimate of drug-likeness (QED) is 0.806. The highest BCUT2D eigenvalue weighted by Crippen LogP contribution is 2.13. The Bertz CT molecular complexity index is 379. The normalized spacial score (nSPS) is 10.4. The van der Waals surface area contributed by atoms with E-state index in [0.717, 1.165) is 29.5 Å². The highest BCUT2D eigenvalue weighted by atomic mass is 32.1. The summed E-state index contributed by atoms with van der Waals surface area (Å²) in [4.78, 5) is 11.3. The lowest BCUT2D eigenvalue weighted by atomic mass is 10.3. The highest BCUT2D eigenvalue weighted by Gasteiger charge is 1.97. The first-order valence-electron chi connectivity index (χ1n) is 4.48. The summed E-state index contributed by atoms with van der Waals surface area (Å²) in [5.41, 5.74) is 2.21. The molecular formula is C9H12N4S. The van der Waals surface area contributed by atoms with Gasteiger partial charge in [0.15, 0.2) is 5.13 Å². The molecule has 0 bridgehead atoms. The predicted octanol–water partition coefficient (Wildman–Crippen LogP) is 1.83. The number of hydrogen-bond acceptors (Lipinski definition) is 4. The minimum absolute atomic E-state index is 0.884. The van der Waals surface area contributed by atoms with E-state index in [2.05, 4.69) is 20.3 Å². The van der Waals surface area contributed by atoms with Gasteiger partial charge in [0.1, 0.15) is 0 Å². The second kappa shape index (κ2) is 4.23. The molecule has 0 saturated heterocycles. The van der Waals surface area contributed by atoms with E-state index in [1.165, 1.54) is 0 Å². The maximum absolute atomic E-state index is 4.31. The number of aromatic amines is 1. The zero-order chi connectivity index (χ0) is 9.80. The minimum atomic E-state index is 0.884. The van der Waals surface area contributed by atoms with Crippen molar-refractivity contribution >= 4 is 16.5 Å². The van der Waals surface area contributed by atoms with E-state index < -0.39 is 0 Å². The Morgan fingerprint density at radius 1 is 1.57 bits per heavy atom. The van der Waals surface area contributed by atoms with Crippen molar-refractivity contribution in [2.24, 2.45) is 0 Å². The summed E-state index contributed by atoms with van der Waals surface area (Å²) >= 11 is 1.64. The van der Waals surface area contributed by atoms with Gasteiger partial charge in [0.2, 0.25) is 0 Å². The topological polar surface area (TPSA) is 53.6 Å². The molecule has 2 N–H and O–H groups in total. The van der Waals surface area contributed by atoms with Crippen molar-refractivity contribution in [2.45, 2.75) is 13.3 Å². The van der Waals surface area contributed by atoms with Gasteiger partial charge < -0.3 is 10.3 Å². The van der Waals surface area contributed by atoms with Gasteiger partial charge in [-0.05, 0) is 6.92 Å². The van der Waals surface area contributed by atoms with Crippen LogP contribution in [-0.2, 0) is 6.42 Å². The largest absolute Gasteiger partial charge is 0.361 e. The standard InChI is InChI=1S/C9H12N4S/c1-7-5-14-9(13-7)11-3-2-8-4-10-6-12-8/h4-6H,2-3H2,1H3,(H,10,12)(H,11,13). The summed E-state index contributed by atoms with van der Waals surface area (Å²) < 4.78 is 0. The smallest absolute Gasteiger partial charge is 0.182 e. The lowest BCUT2D eigenvalue weighted by Crippen LogP contribution is -2.04. The van der Waals surface area contributed by atoms with Gasteiger partial charge in [0.05, 0.1) is 12.0 Å². The first kappa shape index (κ1) is 9.21. The Kier molecular flexibility index (Phi) is 2.78. The third kappa shape index (κ3) is 2.32. The van der Waals surface area contributed by atoms with Crippen LogP contribution in [0.2, 0.25) is 0 Å². The van der Waals surface area contributed by atoms with Gasteiger partial charge in [-0.15, -0.1) is 11.3 Å². The van der Waals surface area contributed by atoms with Crippen LogP contribution in [0.4, 0.5) is 5.13 Å². The fourth-order valence-corrected chi connectivity index (χ4v) is 1.88. The van der Waals surface area contributed by atoms with Crippen LogP contribution in [-0.4, -0.2) is 21.5 Å². The van der Waals surface area contributed by atoms with Crippen LogP contribution in [0.15, 0.2) is 17.9 Å². The van der Waals surface area contributed by atoms with E-state index in [9.17, 15) is 0 Å². The van der Waals surface area contributed by atoms with Crippen LogP contribution in [0.3, 0.4) is 0 Å². The van der Waals surface area contributed by atoms with Gasteiger partial charge in [-0.25, -0.2) is 9.97 Å². The maximum atomic E-state index is 4.31. The van der Waals surface area contributed by atoms with Gasteiger partial charge in [0.25, 0.3) is 0 Å². The fourth-order valence-electron chi connectivity index (χ4n) is 1.16. The van der Waals surface area contributed by atoms with Crippen LogP contribution < -0.4 is 5.32 Å². The number of nitrogens with one attached hydrogen (secondary N) is 2. The molecule has 2 heterocycles. The molecule has 4 nitrogen and oxygen atoms in total. The number of hydrogen-bond donors (Lipinski definition) is 2. The molecule has 14 heavy (non-hydrogen) atoms. The van der Waals surface area contributed by atoms with E-state index in [1.54, 1.807) is 17.7 Å². The lowest BCUT2D eigenvalue weighted by molar-refractivity contribution is 0.972. The summed E-state index contributed by atoms with van der Waals surface area (Å²) in [6.07, 6.45) is 4.48. The zero-order valence-electron chi connectivity index (χ0n) is 7.95. The molecule has 0 fully saturated rings. The van der Waals surface area contributed by atoms with Gasteiger partial charge >= 0.3 is 0 Å². The van der Waals surface area contributed by atoms with Gasteiger partial charge in [-0.1, -0.05) is 0 Å². The van der Waals surface area contributed by atoms with Crippen molar-refractivity contribution in [3.8, 4) is 0 Å².